The van der Waals surface area contributed by atoms with Gasteiger partial charge in [0.25, 0.3) is 0 Å². The standard InChI is InChI=1S/C14H16N4O/c1-10-6-7-16-13(8-10)18(2)12-5-3-4-11(9-12)14(15)17-19/h3-9,19H,1-2H3,(H2,15,17). The Morgan fingerprint density at radius 1 is 1.32 bits per heavy atom. The number of hydrogen-bond acceptors (Lipinski definition) is 4. The van der Waals surface area contributed by atoms with Gasteiger partial charge in [-0.05, 0) is 36.8 Å². The maximum Gasteiger partial charge on any atom is 0.170 e. The van der Waals surface area contributed by atoms with Crippen LogP contribution in [-0.4, -0.2) is 23.1 Å². The Morgan fingerprint density at radius 2 is 2.11 bits per heavy atom. The molecule has 0 aliphatic heterocycles. The first kappa shape index (κ1) is 12.9. The summed E-state index contributed by atoms with van der Waals surface area (Å²) >= 11 is 0. The van der Waals surface area contributed by atoms with Gasteiger partial charge in [-0.1, -0.05) is 17.3 Å². The van der Waals surface area contributed by atoms with Crippen LogP contribution in [0.1, 0.15) is 11.1 Å². The number of pyridine rings is 1. The monoisotopic (exact) mass is 256 g/mol. The van der Waals surface area contributed by atoms with Crippen LogP contribution in [0.5, 0.6) is 0 Å². The van der Waals surface area contributed by atoms with Crippen molar-refractivity contribution in [2.45, 2.75) is 6.92 Å². The lowest BCUT2D eigenvalue weighted by Gasteiger charge is -2.19. The zero-order valence-electron chi connectivity index (χ0n) is 10.9. The highest BCUT2D eigenvalue weighted by Crippen LogP contribution is 2.22. The molecule has 0 amide bonds. The Morgan fingerprint density at radius 3 is 2.79 bits per heavy atom. The summed E-state index contributed by atoms with van der Waals surface area (Å²) in [6.07, 6.45) is 1.77. The zero-order valence-corrected chi connectivity index (χ0v) is 10.9. The summed E-state index contributed by atoms with van der Waals surface area (Å²) in [5.41, 5.74) is 8.32. The molecule has 98 valence electrons. The molecule has 0 fully saturated rings. The molecule has 0 spiro atoms. The minimum atomic E-state index is 0.0902. The third-order valence-electron chi connectivity index (χ3n) is 2.88. The molecule has 5 heteroatoms. The Bertz CT molecular complexity index is 610. The lowest BCUT2D eigenvalue weighted by Crippen LogP contribution is -2.15. The average molecular weight is 256 g/mol. The average Bonchev–Trinajstić information content (AvgIpc) is 2.45. The number of rotatable bonds is 3. The molecule has 0 unspecified atom stereocenters. The molecule has 0 radical (unpaired) electrons. The molecule has 2 rings (SSSR count). The van der Waals surface area contributed by atoms with Crippen molar-refractivity contribution in [3.05, 3.63) is 53.7 Å². The SMILES string of the molecule is Cc1ccnc(N(C)c2cccc(C(N)=NO)c2)c1. The van der Waals surface area contributed by atoms with E-state index in [4.69, 9.17) is 10.9 Å². The number of benzene rings is 1. The van der Waals surface area contributed by atoms with E-state index in [1.807, 2.05) is 49.2 Å². The lowest BCUT2D eigenvalue weighted by molar-refractivity contribution is 0.318. The molecule has 1 aromatic heterocycles. The first-order chi connectivity index (χ1) is 9.11. The zero-order chi connectivity index (χ0) is 13.8. The van der Waals surface area contributed by atoms with Crippen molar-refractivity contribution in [3.63, 3.8) is 0 Å². The predicted octanol–water partition coefficient (Wildman–Crippen LogP) is 2.25. The first-order valence-corrected chi connectivity index (χ1v) is 5.86. The second kappa shape index (κ2) is 5.39. The van der Waals surface area contributed by atoms with Gasteiger partial charge >= 0.3 is 0 Å². The summed E-state index contributed by atoms with van der Waals surface area (Å²) in [5, 5.41) is 11.7. The quantitative estimate of drug-likeness (QED) is 0.382. The minimum Gasteiger partial charge on any atom is -0.409 e. The third kappa shape index (κ3) is 2.82. The molecular weight excluding hydrogens is 240 g/mol. The van der Waals surface area contributed by atoms with E-state index in [2.05, 4.69) is 10.1 Å². The fraction of sp³-hybridized carbons (Fsp3) is 0.143. The highest BCUT2D eigenvalue weighted by Gasteiger charge is 2.07. The largest absolute Gasteiger partial charge is 0.409 e. The molecule has 5 nitrogen and oxygen atoms in total. The molecule has 0 saturated carbocycles. The van der Waals surface area contributed by atoms with E-state index in [0.29, 0.717) is 5.56 Å². The van der Waals surface area contributed by atoms with E-state index in [1.165, 1.54) is 0 Å². The molecule has 3 N–H and O–H groups in total. The predicted molar refractivity (Wildman–Crippen MR) is 76.0 cm³/mol. The second-order valence-corrected chi connectivity index (χ2v) is 4.29. The van der Waals surface area contributed by atoms with Crippen LogP contribution in [0.15, 0.2) is 47.8 Å². The molecule has 0 saturated heterocycles. The summed E-state index contributed by atoms with van der Waals surface area (Å²) in [5.74, 6) is 0.934. The molecule has 0 atom stereocenters. The topological polar surface area (TPSA) is 74.7 Å². The molecule has 0 bridgehead atoms. The number of anilines is 2. The van der Waals surface area contributed by atoms with Crippen LogP contribution in [-0.2, 0) is 0 Å². The number of aromatic nitrogens is 1. The summed E-state index contributed by atoms with van der Waals surface area (Å²) in [4.78, 5) is 6.27. The van der Waals surface area contributed by atoms with Crippen molar-refractivity contribution < 1.29 is 5.21 Å². The van der Waals surface area contributed by atoms with Crippen LogP contribution in [0.25, 0.3) is 0 Å². The number of nitrogens with two attached hydrogens (primary N) is 1. The number of nitrogens with zero attached hydrogens (tertiary/aromatic N) is 3. The van der Waals surface area contributed by atoms with Crippen molar-refractivity contribution in [2.24, 2.45) is 10.9 Å². The van der Waals surface area contributed by atoms with Gasteiger partial charge in [0, 0.05) is 24.5 Å². The van der Waals surface area contributed by atoms with Crippen LogP contribution in [0.4, 0.5) is 11.5 Å². The molecule has 1 aromatic carbocycles. The Kier molecular flexibility index (Phi) is 3.66. The molecule has 2 aromatic rings. The van der Waals surface area contributed by atoms with Gasteiger partial charge in [-0.2, -0.15) is 0 Å². The number of amidine groups is 1. The number of hydrogen-bond donors (Lipinski definition) is 2. The van der Waals surface area contributed by atoms with Gasteiger partial charge in [-0.3, -0.25) is 0 Å². The third-order valence-corrected chi connectivity index (χ3v) is 2.88. The first-order valence-electron chi connectivity index (χ1n) is 5.86. The van der Waals surface area contributed by atoms with Crippen LogP contribution >= 0.6 is 0 Å². The van der Waals surface area contributed by atoms with Crippen LogP contribution in [0.2, 0.25) is 0 Å². The van der Waals surface area contributed by atoms with Crippen molar-refractivity contribution in [2.75, 3.05) is 11.9 Å². The Hall–Kier alpha value is -2.56. The van der Waals surface area contributed by atoms with Crippen molar-refractivity contribution in [3.8, 4) is 0 Å². The van der Waals surface area contributed by atoms with Crippen LogP contribution in [0, 0.1) is 6.92 Å². The fourth-order valence-corrected chi connectivity index (χ4v) is 1.77. The van der Waals surface area contributed by atoms with Crippen LogP contribution in [0.3, 0.4) is 0 Å². The summed E-state index contributed by atoms with van der Waals surface area (Å²) in [6, 6.07) is 11.4. The Labute approximate surface area is 112 Å². The fourth-order valence-electron chi connectivity index (χ4n) is 1.77. The number of aryl methyl sites for hydroxylation is 1. The van der Waals surface area contributed by atoms with Crippen molar-refractivity contribution >= 4 is 17.3 Å². The summed E-state index contributed by atoms with van der Waals surface area (Å²) in [6.45, 7) is 2.02. The minimum absolute atomic E-state index is 0.0902. The Balaban J connectivity index is 2.36. The smallest absolute Gasteiger partial charge is 0.170 e. The maximum atomic E-state index is 8.71. The van der Waals surface area contributed by atoms with E-state index < -0.39 is 0 Å². The van der Waals surface area contributed by atoms with Crippen molar-refractivity contribution in [1.82, 2.24) is 4.98 Å². The van der Waals surface area contributed by atoms with Gasteiger partial charge in [0.15, 0.2) is 5.84 Å². The highest BCUT2D eigenvalue weighted by atomic mass is 16.4. The van der Waals surface area contributed by atoms with Crippen LogP contribution < -0.4 is 10.6 Å². The summed E-state index contributed by atoms with van der Waals surface area (Å²) in [7, 11) is 1.92. The van der Waals surface area contributed by atoms with Crippen molar-refractivity contribution in [1.29, 1.82) is 0 Å². The van der Waals surface area contributed by atoms with Gasteiger partial charge in [0.05, 0.1) is 0 Å². The van der Waals surface area contributed by atoms with E-state index in [0.717, 1.165) is 17.1 Å². The molecule has 0 aliphatic rings. The molecular formula is C14H16N4O. The highest BCUT2D eigenvalue weighted by molar-refractivity contribution is 5.97. The van der Waals surface area contributed by atoms with Gasteiger partial charge in [0.1, 0.15) is 5.82 Å². The van der Waals surface area contributed by atoms with E-state index >= 15 is 0 Å². The molecule has 0 aliphatic carbocycles. The van der Waals surface area contributed by atoms with Gasteiger partial charge in [0.2, 0.25) is 0 Å². The lowest BCUT2D eigenvalue weighted by atomic mass is 10.1. The van der Waals surface area contributed by atoms with Gasteiger partial charge in [-0.15, -0.1) is 0 Å². The molecule has 19 heavy (non-hydrogen) atoms. The van der Waals surface area contributed by atoms with E-state index in [9.17, 15) is 0 Å². The normalized spacial score (nSPS) is 11.4. The second-order valence-electron chi connectivity index (χ2n) is 4.29. The summed E-state index contributed by atoms with van der Waals surface area (Å²) < 4.78 is 0. The van der Waals surface area contributed by atoms with E-state index in [-0.39, 0.29) is 5.84 Å². The van der Waals surface area contributed by atoms with Gasteiger partial charge in [-0.25, -0.2) is 4.98 Å². The number of oxime groups is 1. The maximum absolute atomic E-state index is 8.71. The van der Waals surface area contributed by atoms with E-state index in [1.54, 1.807) is 12.3 Å². The van der Waals surface area contributed by atoms with Gasteiger partial charge < -0.3 is 15.8 Å². The molecule has 1 heterocycles.